The van der Waals surface area contributed by atoms with Gasteiger partial charge in [-0.2, -0.15) is 0 Å². The highest BCUT2D eigenvalue weighted by Crippen LogP contribution is 2.16. The van der Waals surface area contributed by atoms with Crippen molar-refractivity contribution in [3.8, 4) is 0 Å². The number of alkyl carbamates (subject to hydrolysis) is 1. The molecule has 0 aliphatic heterocycles. The van der Waals surface area contributed by atoms with E-state index in [4.69, 9.17) is 10.5 Å². The number of carbonyl (C=O) groups excluding carboxylic acids is 1. The van der Waals surface area contributed by atoms with E-state index < -0.39 is 29.4 Å². The van der Waals surface area contributed by atoms with Gasteiger partial charge in [0.2, 0.25) is 0 Å². The molecule has 0 aliphatic carbocycles. The van der Waals surface area contributed by atoms with E-state index in [1.807, 2.05) is 0 Å². The Hall–Kier alpha value is -1.69. The molecule has 1 rings (SSSR count). The molecule has 0 radical (unpaired) electrons. The first-order chi connectivity index (χ1) is 9.58. The first-order valence-electron chi connectivity index (χ1n) is 6.75. The number of aryl methyl sites for hydroxylation is 1. The fourth-order valence-corrected chi connectivity index (χ4v) is 1.79. The molecule has 3 N–H and O–H groups in total. The van der Waals surface area contributed by atoms with Gasteiger partial charge in [0.25, 0.3) is 0 Å². The average Bonchev–Trinajstić information content (AvgIpc) is 2.29. The molecule has 21 heavy (non-hydrogen) atoms. The van der Waals surface area contributed by atoms with E-state index in [1.54, 1.807) is 27.7 Å². The molecule has 0 fully saturated rings. The Morgan fingerprint density at radius 1 is 1.33 bits per heavy atom. The lowest BCUT2D eigenvalue weighted by Crippen LogP contribution is -2.41. The molecule has 0 spiro atoms. The van der Waals surface area contributed by atoms with Crippen molar-refractivity contribution in [2.45, 2.75) is 45.8 Å². The second kappa shape index (κ2) is 6.85. The molecule has 1 amide bonds. The van der Waals surface area contributed by atoms with Crippen LogP contribution in [0.25, 0.3) is 0 Å². The Morgan fingerprint density at radius 3 is 2.33 bits per heavy atom. The average molecular weight is 300 g/mol. The summed E-state index contributed by atoms with van der Waals surface area (Å²) in [6.07, 6.45) is -0.615. The highest BCUT2D eigenvalue weighted by atomic mass is 19.1. The molecular weight excluding hydrogens is 278 g/mol. The van der Waals surface area contributed by atoms with Gasteiger partial charge in [-0.05, 0) is 51.8 Å². The Bertz CT molecular complexity index is 490. The summed E-state index contributed by atoms with van der Waals surface area (Å²) in [6, 6.07) is 1.91. The number of nitrogens with one attached hydrogen (secondary N) is 1. The maximum absolute atomic E-state index is 13.7. The van der Waals surface area contributed by atoms with Crippen LogP contribution in [0.4, 0.5) is 13.6 Å². The van der Waals surface area contributed by atoms with Crippen LogP contribution in [0.3, 0.4) is 0 Å². The quantitative estimate of drug-likeness (QED) is 0.898. The minimum Gasteiger partial charge on any atom is -0.444 e. The highest BCUT2D eigenvalue weighted by Gasteiger charge is 2.18. The molecule has 4 nitrogen and oxygen atoms in total. The number of rotatable bonds is 4. The molecule has 1 atom stereocenters. The van der Waals surface area contributed by atoms with Crippen LogP contribution >= 0.6 is 0 Å². The summed E-state index contributed by atoms with van der Waals surface area (Å²) in [5.41, 5.74) is 5.62. The Kier molecular flexibility index (Phi) is 5.66. The van der Waals surface area contributed by atoms with Gasteiger partial charge in [0.05, 0.1) is 0 Å². The third-order valence-electron chi connectivity index (χ3n) is 2.66. The monoisotopic (exact) mass is 300 g/mol. The van der Waals surface area contributed by atoms with Crippen LogP contribution in [0, 0.1) is 18.6 Å². The van der Waals surface area contributed by atoms with Gasteiger partial charge in [-0.1, -0.05) is 0 Å². The number of nitrogens with two attached hydrogens (primary N) is 1. The Morgan fingerprint density at radius 2 is 1.86 bits per heavy atom. The van der Waals surface area contributed by atoms with Gasteiger partial charge >= 0.3 is 6.09 Å². The summed E-state index contributed by atoms with van der Waals surface area (Å²) in [7, 11) is 0. The predicted octanol–water partition coefficient (Wildman–Crippen LogP) is 2.67. The van der Waals surface area contributed by atoms with Crippen LogP contribution in [0.15, 0.2) is 12.1 Å². The van der Waals surface area contributed by atoms with Crippen molar-refractivity contribution in [3.63, 3.8) is 0 Å². The van der Waals surface area contributed by atoms with Gasteiger partial charge < -0.3 is 15.8 Å². The summed E-state index contributed by atoms with van der Waals surface area (Å²) in [4.78, 5) is 11.5. The van der Waals surface area contributed by atoms with Crippen molar-refractivity contribution in [2.75, 3.05) is 6.54 Å². The van der Waals surface area contributed by atoms with Crippen molar-refractivity contribution >= 4 is 6.09 Å². The number of halogens is 2. The zero-order valence-corrected chi connectivity index (χ0v) is 12.8. The number of ether oxygens (including phenoxy) is 1. The van der Waals surface area contributed by atoms with Crippen molar-refractivity contribution in [2.24, 2.45) is 5.73 Å². The molecule has 0 saturated carbocycles. The number of hydrogen-bond donors (Lipinski definition) is 2. The summed E-state index contributed by atoms with van der Waals surface area (Å²) in [5.74, 6) is -1.25. The predicted molar refractivity (Wildman–Crippen MR) is 77.0 cm³/mol. The van der Waals surface area contributed by atoms with E-state index in [0.29, 0.717) is 5.56 Å². The molecule has 0 saturated heterocycles. The normalized spacial score (nSPS) is 12.9. The number of carbonyl (C=O) groups is 1. The highest BCUT2D eigenvalue weighted by molar-refractivity contribution is 5.67. The third kappa shape index (κ3) is 6.08. The van der Waals surface area contributed by atoms with Crippen LogP contribution in [0.1, 0.15) is 31.9 Å². The Balaban J connectivity index is 2.55. The maximum atomic E-state index is 13.7. The zero-order chi connectivity index (χ0) is 16.2. The van der Waals surface area contributed by atoms with Gasteiger partial charge in [-0.25, -0.2) is 13.6 Å². The smallest absolute Gasteiger partial charge is 0.407 e. The molecule has 118 valence electrons. The van der Waals surface area contributed by atoms with Crippen LogP contribution in [-0.2, 0) is 11.2 Å². The van der Waals surface area contributed by atoms with Crippen LogP contribution in [0.2, 0.25) is 0 Å². The van der Waals surface area contributed by atoms with Crippen LogP contribution in [0.5, 0.6) is 0 Å². The van der Waals surface area contributed by atoms with Gasteiger partial charge in [-0.15, -0.1) is 0 Å². The van der Waals surface area contributed by atoms with Gasteiger partial charge in [-0.3, -0.25) is 0 Å². The van der Waals surface area contributed by atoms with E-state index in [0.717, 1.165) is 0 Å². The molecule has 6 heteroatoms. The van der Waals surface area contributed by atoms with Gasteiger partial charge in [0.1, 0.15) is 17.2 Å². The van der Waals surface area contributed by atoms with E-state index in [1.165, 1.54) is 12.1 Å². The fourth-order valence-electron chi connectivity index (χ4n) is 1.79. The second-order valence-electron chi connectivity index (χ2n) is 6.05. The minimum absolute atomic E-state index is 0.00621. The molecule has 0 bridgehead atoms. The number of amides is 1. The van der Waals surface area contributed by atoms with Crippen LogP contribution < -0.4 is 11.1 Å². The Labute approximate surface area is 123 Å². The molecule has 1 aromatic rings. The molecule has 0 aromatic heterocycles. The van der Waals surface area contributed by atoms with Crippen molar-refractivity contribution in [1.29, 1.82) is 0 Å². The lowest BCUT2D eigenvalue weighted by Gasteiger charge is -2.21. The van der Waals surface area contributed by atoms with Gasteiger partial charge in [0.15, 0.2) is 0 Å². The standard InChI is InChI=1S/C15H22F2N2O2/c1-9-5-12(16)11(13(17)6-9)7-10(18)8-19-14(20)21-15(2,3)4/h5-6,10H,7-8,18H2,1-4H3,(H,19,20). The number of hydrogen-bond acceptors (Lipinski definition) is 3. The summed E-state index contributed by atoms with van der Waals surface area (Å²) in [5, 5.41) is 2.48. The fraction of sp³-hybridized carbons (Fsp3) is 0.533. The second-order valence-corrected chi connectivity index (χ2v) is 6.05. The van der Waals surface area contributed by atoms with Crippen molar-refractivity contribution in [1.82, 2.24) is 5.32 Å². The topological polar surface area (TPSA) is 64.3 Å². The summed E-state index contributed by atoms with van der Waals surface area (Å²) < 4.78 is 32.4. The van der Waals surface area contributed by atoms with Gasteiger partial charge in [0, 0.05) is 18.2 Å². The SMILES string of the molecule is Cc1cc(F)c(CC(N)CNC(=O)OC(C)(C)C)c(F)c1. The molecular formula is C15H22F2N2O2. The maximum Gasteiger partial charge on any atom is 0.407 e. The summed E-state index contributed by atoms with van der Waals surface area (Å²) >= 11 is 0. The van der Waals surface area contributed by atoms with Crippen molar-refractivity contribution < 1.29 is 18.3 Å². The van der Waals surface area contributed by atoms with E-state index in [-0.39, 0.29) is 18.5 Å². The lowest BCUT2D eigenvalue weighted by atomic mass is 10.0. The third-order valence-corrected chi connectivity index (χ3v) is 2.66. The summed E-state index contributed by atoms with van der Waals surface area (Å²) in [6.45, 7) is 6.90. The van der Waals surface area contributed by atoms with E-state index in [9.17, 15) is 13.6 Å². The lowest BCUT2D eigenvalue weighted by molar-refractivity contribution is 0.0524. The first-order valence-corrected chi connectivity index (χ1v) is 6.75. The van der Waals surface area contributed by atoms with E-state index in [2.05, 4.69) is 5.32 Å². The van der Waals surface area contributed by atoms with Crippen molar-refractivity contribution in [3.05, 3.63) is 34.9 Å². The first kappa shape index (κ1) is 17.4. The molecule has 0 aliphatic rings. The minimum atomic E-state index is -0.625. The zero-order valence-electron chi connectivity index (χ0n) is 12.8. The molecule has 1 unspecified atom stereocenters. The molecule has 1 aromatic carbocycles. The largest absolute Gasteiger partial charge is 0.444 e. The van der Waals surface area contributed by atoms with E-state index >= 15 is 0 Å². The molecule has 0 heterocycles. The van der Waals surface area contributed by atoms with Crippen LogP contribution in [-0.4, -0.2) is 24.3 Å². The number of benzene rings is 1.